The molecule has 3 atom stereocenters. The van der Waals surface area contributed by atoms with Crippen molar-refractivity contribution in [2.24, 2.45) is 17.3 Å². The first-order chi connectivity index (χ1) is 13.5. The summed E-state index contributed by atoms with van der Waals surface area (Å²) in [6.07, 6.45) is 11.3. The van der Waals surface area contributed by atoms with Crippen molar-refractivity contribution in [2.45, 2.75) is 82.7 Å². The van der Waals surface area contributed by atoms with Gasteiger partial charge in [0.1, 0.15) is 0 Å². The maximum Gasteiger partial charge on any atom is 0.0406 e. The van der Waals surface area contributed by atoms with E-state index in [1.807, 2.05) is 0 Å². The fourth-order valence-electron chi connectivity index (χ4n) is 7.93. The van der Waals surface area contributed by atoms with Gasteiger partial charge in [0.15, 0.2) is 0 Å². The first kappa shape index (κ1) is 19.4. The van der Waals surface area contributed by atoms with E-state index in [1.54, 1.807) is 5.56 Å². The van der Waals surface area contributed by atoms with Gasteiger partial charge >= 0.3 is 0 Å². The topological polar surface area (TPSA) is 15.3 Å². The van der Waals surface area contributed by atoms with Crippen molar-refractivity contribution in [1.82, 2.24) is 10.2 Å². The summed E-state index contributed by atoms with van der Waals surface area (Å²) in [5.41, 5.74) is 2.49. The summed E-state index contributed by atoms with van der Waals surface area (Å²) < 4.78 is 0. The predicted molar refractivity (Wildman–Crippen MR) is 118 cm³/mol. The lowest BCUT2D eigenvalue weighted by Gasteiger charge is -2.64. The van der Waals surface area contributed by atoms with E-state index in [4.69, 9.17) is 11.6 Å². The van der Waals surface area contributed by atoms with Crippen LogP contribution in [-0.4, -0.2) is 36.6 Å². The minimum atomic E-state index is 0.413. The number of benzene rings is 1. The summed E-state index contributed by atoms with van der Waals surface area (Å²) in [6.45, 7) is 8.57. The minimum absolute atomic E-state index is 0.413. The first-order valence-corrected chi connectivity index (χ1v) is 12.1. The Labute approximate surface area is 176 Å². The van der Waals surface area contributed by atoms with E-state index < -0.39 is 0 Å². The fourth-order valence-corrected chi connectivity index (χ4v) is 8.05. The molecule has 2 nitrogen and oxygen atoms in total. The Bertz CT molecular complexity index is 677. The zero-order valence-corrected chi connectivity index (χ0v) is 18.5. The predicted octanol–water partition coefficient (Wildman–Crippen LogP) is 5.64. The normalized spacial score (nSPS) is 39.4. The van der Waals surface area contributed by atoms with Gasteiger partial charge < -0.3 is 10.2 Å². The molecule has 1 aliphatic heterocycles. The number of nitrogens with one attached hydrogen (secondary N) is 1. The molecule has 3 heteroatoms. The molecule has 154 valence electrons. The number of nitrogens with zero attached hydrogens (tertiary/aromatic N) is 1. The van der Waals surface area contributed by atoms with Crippen molar-refractivity contribution in [3.05, 3.63) is 34.9 Å². The third-order valence-corrected chi connectivity index (χ3v) is 9.25. The molecule has 1 aromatic carbocycles. The van der Waals surface area contributed by atoms with E-state index in [1.165, 1.54) is 71.0 Å². The van der Waals surface area contributed by atoms with Gasteiger partial charge in [-0.2, -0.15) is 0 Å². The van der Waals surface area contributed by atoms with Crippen molar-refractivity contribution in [3.63, 3.8) is 0 Å². The molecule has 6 rings (SSSR count). The molecule has 4 saturated carbocycles. The van der Waals surface area contributed by atoms with Crippen LogP contribution in [0.3, 0.4) is 0 Å². The average molecular weight is 401 g/mol. The van der Waals surface area contributed by atoms with Crippen LogP contribution in [0.25, 0.3) is 0 Å². The molecular formula is C25H37ClN2. The van der Waals surface area contributed by atoms with Gasteiger partial charge in [-0.1, -0.05) is 30.7 Å². The molecule has 1 aromatic rings. The smallest absolute Gasteiger partial charge is 0.0406 e. The highest BCUT2D eigenvalue weighted by Crippen LogP contribution is 2.66. The highest BCUT2D eigenvalue weighted by molar-refractivity contribution is 6.30. The van der Waals surface area contributed by atoms with Gasteiger partial charge in [-0.25, -0.2) is 0 Å². The average Bonchev–Trinajstić information content (AvgIpc) is 2.68. The monoisotopic (exact) mass is 400 g/mol. The van der Waals surface area contributed by atoms with Crippen molar-refractivity contribution >= 4 is 11.6 Å². The van der Waals surface area contributed by atoms with E-state index in [0.717, 1.165) is 22.9 Å². The lowest BCUT2D eigenvalue weighted by atomic mass is 9.41. The third kappa shape index (κ3) is 3.34. The molecule has 4 bridgehead atoms. The number of hydrogen-bond acceptors (Lipinski definition) is 2. The van der Waals surface area contributed by atoms with E-state index in [9.17, 15) is 0 Å². The third-order valence-electron chi connectivity index (χ3n) is 9.00. The summed E-state index contributed by atoms with van der Waals surface area (Å²) in [5, 5.41) is 5.02. The Balaban J connectivity index is 1.35. The number of piperidine rings is 1. The second-order valence-electron chi connectivity index (χ2n) is 10.7. The van der Waals surface area contributed by atoms with Gasteiger partial charge in [0.05, 0.1) is 0 Å². The largest absolute Gasteiger partial charge is 0.311 e. The van der Waals surface area contributed by atoms with Gasteiger partial charge in [0, 0.05) is 17.1 Å². The summed E-state index contributed by atoms with van der Waals surface area (Å²) in [5.74, 6) is 1.87. The number of halogens is 1. The Morgan fingerprint density at radius 3 is 2.32 bits per heavy atom. The van der Waals surface area contributed by atoms with Crippen LogP contribution < -0.4 is 5.32 Å². The van der Waals surface area contributed by atoms with Gasteiger partial charge in [0.2, 0.25) is 0 Å². The Kier molecular flexibility index (Phi) is 5.05. The highest BCUT2D eigenvalue weighted by Gasteiger charge is 2.59. The van der Waals surface area contributed by atoms with Crippen molar-refractivity contribution in [3.8, 4) is 0 Å². The lowest BCUT2D eigenvalue weighted by Crippen LogP contribution is -2.61. The van der Waals surface area contributed by atoms with Crippen LogP contribution in [0.15, 0.2) is 24.3 Å². The molecule has 5 fully saturated rings. The number of rotatable bonds is 5. The second-order valence-corrected chi connectivity index (χ2v) is 11.1. The number of hydrogen-bond donors (Lipinski definition) is 1. The highest BCUT2D eigenvalue weighted by atomic mass is 35.5. The van der Waals surface area contributed by atoms with Crippen LogP contribution in [0, 0.1) is 17.3 Å². The van der Waals surface area contributed by atoms with Crippen LogP contribution in [0.1, 0.15) is 70.8 Å². The van der Waals surface area contributed by atoms with Gasteiger partial charge in [0.25, 0.3) is 0 Å². The molecule has 0 radical (unpaired) electrons. The quantitative estimate of drug-likeness (QED) is 0.687. The first-order valence-electron chi connectivity index (χ1n) is 11.7. The molecule has 0 spiro atoms. The van der Waals surface area contributed by atoms with Crippen LogP contribution in [0.5, 0.6) is 0 Å². The molecule has 0 amide bonds. The molecule has 5 aliphatic rings. The minimum Gasteiger partial charge on any atom is -0.311 e. The van der Waals surface area contributed by atoms with Crippen molar-refractivity contribution in [2.75, 3.05) is 19.6 Å². The summed E-state index contributed by atoms with van der Waals surface area (Å²) in [6, 6.07) is 10.3. The Morgan fingerprint density at radius 1 is 1.07 bits per heavy atom. The van der Waals surface area contributed by atoms with E-state index >= 15 is 0 Å². The van der Waals surface area contributed by atoms with Crippen molar-refractivity contribution < 1.29 is 0 Å². The van der Waals surface area contributed by atoms with Crippen LogP contribution in [0.2, 0.25) is 5.02 Å². The zero-order valence-electron chi connectivity index (χ0n) is 17.7. The summed E-state index contributed by atoms with van der Waals surface area (Å²) in [4.78, 5) is 2.60. The maximum absolute atomic E-state index is 6.21. The Morgan fingerprint density at radius 2 is 1.71 bits per heavy atom. The second kappa shape index (κ2) is 7.29. The maximum atomic E-state index is 6.21. The van der Waals surface area contributed by atoms with E-state index in [-0.39, 0.29) is 0 Å². The molecule has 0 unspecified atom stereocenters. The number of likely N-dealkylation sites (tertiary alicyclic amines) is 1. The van der Waals surface area contributed by atoms with Crippen LogP contribution in [0.4, 0.5) is 0 Å². The van der Waals surface area contributed by atoms with Gasteiger partial charge in [-0.3, -0.25) is 0 Å². The van der Waals surface area contributed by atoms with Gasteiger partial charge in [-0.15, -0.1) is 0 Å². The molecule has 1 saturated heterocycles. The molecule has 4 aliphatic carbocycles. The molecule has 0 aromatic heterocycles. The van der Waals surface area contributed by atoms with Crippen molar-refractivity contribution in [1.29, 1.82) is 0 Å². The van der Waals surface area contributed by atoms with Crippen LogP contribution >= 0.6 is 11.6 Å². The van der Waals surface area contributed by atoms with E-state index in [0.29, 0.717) is 16.9 Å². The van der Waals surface area contributed by atoms with Crippen LogP contribution in [-0.2, 0) is 5.41 Å². The lowest BCUT2D eigenvalue weighted by molar-refractivity contribution is -0.0903. The molecule has 1 heterocycles. The standard InChI is InChI=1S/C25H37ClN2/c1-3-28-10-8-23(9-11-28)27-18(2)24-13-19-12-20(14-24)16-25(15-19,17-24)21-4-6-22(26)7-5-21/h4-7,18-20,23,27H,3,8-17H2,1-2H3/t18-,19-,20-,24?,25?/m1/s1. The summed E-state index contributed by atoms with van der Waals surface area (Å²) in [7, 11) is 0. The SMILES string of the molecule is CCN1CCC(N[C@H](C)C23C[C@H]4C[C@@H](CC(c5ccc(Cl)cc5)(C4)C2)C3)CC1. The molecule has 28 heavy (non-hydrogen) atoms. The van der Waals surface area contributed by atoms with E-state index in [2.05, 4.69) is 48.3 Å². The van der Waals surface area contributed by atoms with Gasteiger partial charge in [-0.05, 0) is 118 Å². The molecule has 1 N–H and O–H groups in total. The Hall–Kier alpha value is -0.570. The zero-order chi connectivity index (χ0) is 19.4. The summed E-state index contributed by atoms with van der Waals surface area (Å²) >= 11 is 6.21. The fraction of sp³-hybridized carbons (Fsp3) is 0.760. The molecular weight excluding hydrogens is 364 g/mol.